The van der Waals surface area contributed by atoms with E-state index in [1.807, 2.05) is 0 Å². The lowest BCUT2D eigenvalue weighted by molar-refractivity contribution is -0.121. The number of hydrogen-bond donors (Lipinski definition) is 3. The second-order valence-electron chi connectivity index (χ2n) is 11.0. The Morgan fingerprint density at radius 3 is 2.47 bits per heavy atom. The molecule has 9 nitrogen and oxygen atoms in total. The first-order valence-electron chi connectivity index (χ1n) is 14.1. The van der Waals surface area contributed by atoms with Crippen molar-refractivity contribution < 1.29 is 41.0 Å². The van der Waals surface area contributed by atoms with Crippen LogP contribution in [0.15, 0.2) is 40.8 Å². The highest BCUT2D eigenvalue weighted by Crippen LogP contribution is 2.37. The van der Waals surface area contributed by atoms with Gasteiger partial charge in [-0.05, 0) is 68.7 Å². The summed E-state index contributed by atoms with van der Waals surface area (Å²) >= 11 is 0. The quantitative estimate of drug-likeness (QED) is 0.210. The van der Waals surface area contributed by atoms with Gasteiger partial charge in [-0.3, -0.25) is 9.59 Å². The van der Waals surface area contributed by atoms with Crippen LogP contribution in [0.1, 0.15) is 72.9 Å². The van der Waals surface area contributed by atoms with Crippen molar-refractivity contribution in [3.05, 3.63) is 65.1 Å². The van der Waals surface area contributed by atoms with Crippen LogP contribution in [-0.2, 0) is 4.79 Å². The third-order valence-corrected chi connectivity index (χ3v) is 7.18. The molecule has 13 heteroatoms. The van der Waals surface area contributed by atoms with Gasteiger partial charge in [0.1, 0.15) is 11.6 Å². The molecule has 230 valence electrons. The standard InChI is InChI=1S/C30H32F4N4O5/c1-15(35)27-26(38-29(43-27)18-6-9-23(42-30(33)34)24(11-18)41-14-17-4-5-17)28(40)37-22(13-36-25(39)10-16-2-3-16)20-8-7-19(31)12-21(20)32/h6-9,11-12,15-17,22,30H,2-5,10,13-14,35H2,1H3,(H,36,39)(H,37,40)/t15-,22-/m0/s1. The van der Waals surface area contributed by atoms with Crippen LogP contribution in [-0.4, -0.2) is 36.6 Å². The predicted molar refractivity (Wildman–Crippen MR) is 146 cm³/mol. The molecule has 1 heterocycles. The number of benzene rings is 2. The van der Waals surface area contributed by atoms with Crippen molar-refractivity contribution in [1.82, 2.24) is 15.6 Å². The zero-order valence-electron chi connectivity index (χ0n) is 23.4. The number of carbonyl (C=O) groups excluding carboxylic acids is 2. The van der Waals surface area contributed by atoms with Crippen LogP contribution in [0.25, 0.3) is 11.5 Å². The Morgan fingerprint density at radius 1 is 1.07 bits per heavy atom. The molecule has 0 saturated heterocycles. The molecule has 2 fully saturated rings. The molecule has 2 aliphatic carbocycles. The molecule has 2 aromatic carbocycles. The minimum absolute atomic E-state index is 0.0111. The summed E-state index contributed by atoms with van der Waals surface area (Å²) < 4.78 is 70.5. The normalized spacial score (nSPS) is 16.1. The number of oxazole rings is 1. The van der Waals surface area contributed by atoms with Gasteiger partial charge in [-0.1, -0.05) is 6.07 Å². The number of aromatic nitrogens is 1. The first-order valence-corrected chi connectivity index (χ1v) is 14.1. The Morgan fingerprint density at radius 2 is 1.81 bits per heavy atom. The first kappa shape index (κ1) is 30.3. The van der Waals surface area contributed by atoms with Crippen molar-refractivity contribution in [1.29, 1.82) is 0 Å². The van der Waals surface area contributed by atoms with E-state index in [-0.39, 0.29) is 46.9 Å². The number of amides is 2. The average molecular weight is 605 g/mol. The molecule has 0 unspecified atom stereocenters. The van der Waals surface area contributed by atoms with Crippen LogP contribution >= 0.6 is 0 Å². The van der Waals surface area contributed by atoms with Crippen LogP contribution in [0.3, 0.4) is 0 Å². The third-order valence-electron chi connectivity index (χ3n) is 7.18. The molecule has 5 rings (SSSR count). The van der Waals surface area contributed by atoms with E-state index in [1.165, 1.54) is 24.3 Å². The summed E-state index contributed by atoms with van der Waals surface area (Å²) in [6.07, 6.45) is 4.21. The molecular formula is C30H32F4N4O5. The minimum atomic E-state index is -3.06. The van der Waals surface area contributed by atoms with Crippen LogP contribution in [0.2, 0.25) is 0 Å². The summed E-state index contributed by atoms with van der Waals surface area (Å²) in [6, 6.07) is 5.18. The number of ether oxygens (including phenoxy) is 2. The Labute approximate surface area is 245 Å². The molecule has 2 aliphatic rings. The molecule has 2 amide bonds. The second kappa shape index (κ2) is 13.0. The number of nitrogens with zero attached hydrogens (tertiary/aromatic N) is 1. The van der Waals surface area contributed by atoms with Gasteiger partial charge < -0.3 is 30.3 Å². The second-order valence-corrected chi connectivity index (χ2v) is 11.0. The number of nitrogens with one attached hydrogen (secondary N) is 2. The number of carbonyl (C=O) groups is 2. The fourth-order valence-electron chi connectivity index (χ4n) is 4.49. The van der Waals surface area contributed by atoms with Crippen molar-refractivity contribution in [2.75, 3.05) is 13.2 Å². The fraction of sp³-hybridized carbons (Fsp3) is 0.433. The molecule has 0 aliphatic heterocycles. The summed E-state index contributed by atoms with van der Waals surface area (Å²) in [6.45, 7) is -1.33. The number of hydrogen-bond acceptors (Lipinski definition) is 7. The molecule has 1 aromatic heterocycles. The minimum Gasteiger partial charge on any atom is -0.489 e. The number of halogens is 4. The molecule has 0 radical (unpaired) electrons. The zero-order chi connectivity index (χ0) is 30.7. The predicted octanol–water partition coefficient (Wildman–Crippen LogP) is 5.42. The van der Waals surface area contributed by atoms with Crippen molar-refractivity contribution >= 4 is 11.8 Å². The zero-order valence-corrected chi connectivity index (χ0v) is 23.4. The van der Waals surface area contributed by atoms with Crippen molar-refractivity contribution in [2.24, 2.45) is 17.6 Å². The summed E-state index contributed by atoms with van der Waals surface area (Å²) in [7, 11) is 0. The lowest BCUT2D eigenvalue weighted by Gasteiger charge is -2.20. The number of nitrogens with two attached hydrogens (primary N) is 1. The van der Waals surface area contributed by atoms with Crippen LogP contribution in [0.5, 0.6) is 11.5 Å². The van der Waals surface area contributed by atoms with E-state index < -0.39 is 36.2 Å². The van der Waals surface area contributed by atoms with Gasteiger partial charge in [0, 0.05) is 30.2 Å². The summed E-state index contributed by atoms with van der Waals surface area (Å²) in [5.74, 6) is -2.21. The smallest absolute Gasteiger partial charge is 0.387 e. The van der Waals surface area contributed by atoms with Gasteiger partial charge in [0.2, 0.25) is 11.8 Å². The molecule has 4 N–H and O–H groups in total. The Balaban J connectivity index is 1.40. The highest BCUT2D eigenvalue weighted by atomic mass is 19.3. The van der Waals surface area contributed by atoms with Crippen LogP contribution < -0.4 is 25.8 Å². The van der Waals surface area contributed by atoms with Gasteiger partial charge in [0.25, 0.3) is 5.91 Å². The highest BCUT2D eigenvalue weighted by molar-refractivity contribution is 5.94. The monoisotopic (exact) mass is 604 g/mol. The molecule has 2 saturated carbocycles. The maximum absolute atomic E-state index is 14.8. The third kappa shape index (κ3) is 8.04. The maximum Gasteiger partial charge on any atom is 0.387 e. The number of alkyl halides is 2. The van der Waals surface area contributed by atoms with E-state index in [9.17, 15) is 27.2 Å². The Bertz CT molecular complexity index is 1470. The van der Waals surface area contributed by atoms with Gasteiger partial charge in [0.15, 0.2) is 23.0 Å². The van der Waals surface area contributed by atoms with Crippen LogP contribution in [0, 0.1) is 23.5 Å². The highest BCUT2D eigenvalue weighted by Gasteiger charge is 2.29. The molecular weight excluding hydrogens is 572 g/mol. The van der Waals surface area contributed by atoms with Gasteiger partial charge >= 0.3 is 6.61 Å². The fourth-order valence-corrected chi connectivity index (χ4v) is 4.49. The topological polar surface area (TPSA) is 129 Å². The van der Waals surface area contributed by atoms with Gasteiger partial charge in [-0.25, -0.2) is 13.8 Å². The Kier molecular flexibility index (Phi) is 9.19. The van der Waals surface area contributed by atoms with E-state index in [2.05, 4.69) is 20.4 Å². The van der Waals surface area contributed by atoms with E-state index in [1.54, 1.807) is 6.92 Å². The molecule has 2 atom stereocenters. The van der Waals surface area contributed by atoms with Crippen molar-refractivity contribution in [3.63, 3.8) is 0 Å². The van der Waals surface area contributed by atoms with E-state index in [0.29, 0.717) is 36.5 Å². The molecule has 0 spiro atoms. The lowest BCUT2D eigenvalue weighted by atomic mass is 10.0. The average Bonchev–Trinajstić information content (AvgIpc) is 3.89. The molecule has 43 heavy (non-hydrogen) atoms. The summed E-state index contributed by atoms with van der Waals surface area (Å²) in [5, 5.41) is 5.36. The van der Waals surface area contributed by atoms with Gasteiger partial charge in [0.05, 0.1) is 18.7 Å². The summed E-state index contributed by atoms with van der Waals surface area (Å²) in [5.41, 5.74) is 6.14. The largest absolute Gasteiger partial charge is 0.489 e. The van der Waals surface area contributed by atoms with E-state index in [0.717, 1.165) is 31.7 Å². The van der Waals surface area contributed by atoms with Gasteiger partial charge in [-0.15, -0.1) is 0 Å². The Hall–Kier alpha value is -4.13. The van der Waals surface area contributed by atoms with E-state index >= 15 is 0 Å². The van der Waals surface area contributed by atoms with Gasteiger partial charge in [-0.2, -0.15) is 8.78 Å². The summed E-state index contributed by atoms with van der Waals surface area (Å²) in [4.78, 5) is 30.2. The van der Waals surface area contributed by atoms with Crippen molar-refractivity contribution in [3.8, 4) is 23.0 Å². The SMILES string of the molecule is C[C@H](N)c1oc(-c2ccc(OC(F)F)c(OCC3CC3)c2)nc1C(=O)N[C@@H](CNC(=O)CC1CC1)c1ccc(F)cc1F. The van der Waals surface area contributed by atoms with E-state index in [4.69, 9.17) is 14.9 Å². The first-order chi connectivity index (χ1) is 20.6. The molecule has 0 bridgehead atoms. The maximum atomic E-state index is 14.8. The molecule has 3 aromatic rings. The van der Waals surface area contributed by atoms with Crippen LogP contribution in [0.4, 0.5) is 17.6 Å². The lowest BCUT2D eigenvalue weighted by Crippen LogP contribution is -2.39. The van der Waals surface area contributed by atoms with Crippen molar-refractivity contribution in [2.45, 2.75) is 57.7 Å². The number of rotatable bonds is 14.